The highest BCUT2D eigenvalue weighted by Gasteiger charge is 2.17. The molecule has 0 bridgehead atoms. The van der Waals surface area contributed by atoms with Gasteiger partial charge in [0.25, 0.3) is 0 Å². The molecule has 0 radical (unpaired) electrons. The van der Waals surface area contributed by atoms with Crippen molar-refractivity contribution < 1.29 is 13.5 Å². The number of hydrogen-bond acceptors (Lipinski definition) is 8. The first-order valence-electron chi connectivity index (χ1n) is 10.0. The lowest BCUT2D eigenvalue weighted by atomic mass is 10.2. The monoisotopic (exact) mass is 523 g/mol. The van der Waals surface area contributed by atoms with Crippen LogP contribution in [0.2, 0.25) is 0 Å². The van der Waals surface area contributed by atoms with Gasteiger partial charge in [0.2, 0.25) is 16.0 Å². The molecule has 4 N–H and O–H groups in total. The van der Waals surface area contributed by atoms with Crippen molar-refractivity contribution in [3.63, 3.8) is 0 Å². The van der Waals surface area contributed by atoms with Crippen LogP contribution < -0.4 is 15.4 Å². The van der Waals surface area contributed by atoms with Gasteiger partial charge in [-0.05, 0) is 53.9 Å². The van der Waals surface area contributed by atoms with Crippen LogP contribution in [0.4, 0.5) is 17.5 Å². The number of aliphatic hydroxyl groups is 1. The number of sulfonamides is 1. The number of nitrogens with one attached hydrogen (secondary N) is 3. The van der Waals surface area contributed by atoms with Crippen LogP contribution in [0.3, 0.4) is 0 Å². The van der Waals surface area contributed by atoms with Crippen molar-refractivity contribution in [2.45, 2.75) is 37.8 Å². The molecule has 0 saturated heterocycles. The van der Waals surface area contributed by atoms with Gasteiger partial charge < -0.3 is 20.3 Å². The van der Waals surface area contributed by atoms with Crippen molar-refractivity contribution in [2.75, 3.05) is 23.8 Å². The number of hydrogen-bond donors (Lipinski definition) is 4. The average Bonchev–Trinajstić information content (AvgIpc) is 3.28. The summed E-state index contributed by atoms with van der Waals surface area (Å²) in [6.45, 7) is 4.51. The van der Waals surface area contributed by atoms with E-state index in [2.05, 4.69) is 46.2 Å². The van der Waals surface area contributed by atoms with Crippen LogP contribution in [0.5, 0.6) is 0 Å². The second-order valence-corrected chi connectivity index (χ2v) is 9.86. The Balaban J connectivity index is 1.70. The van der Waals surface area contributed by atoms with E-state index in [0.29, 0.717) is 47.0 Å². The maximum atomic E-state index is 12.8. The Morgan fingerprint density at radius 2 is 2.12 bits per heavy atom. The van der Waals surface area contributed by atoms with Crippen LogP contribution in [0.25, 0.3) is 0 Å². The van der Waals surface area contributed by atoms with E-state index < -0.39 is 10.0 Å². The quantitative estimate of drug-likeness (QED) is 0.282. The Labute approximate surface area is 195 Å². The van der Waals surface area contributed by atoms with E-state index in [1.165, 1.54) is 0 Å². The Morgan fingerprint density at radius 3 is 2.84 bits per heavy atom. The van der Waals surface area contributed by atoms with Gasteiger partial charge in [0.15, 0.2) is 0 Å². The van der Waals surface area contributed by atoms with E-state index in [9.17, 15) is 13.5 Å². The Bertz CT molecular complexity index is 1140. The summed E-state index contributed by atoms with van der Waals surface area (Å²) in [5, 5.41) is 15.4. The molecule has 0 aliphatic carbocycles. The minimum absolute atomic E-state index is 0.0479. The summed E-state index contributed by atoms with van der Waals surface area (Å²) in [6, 6.07) is 4.86. The van der Waals surface area contributed by atoms with Gasteiger partial charge in [-0.3, -0.25) is 0 Å². The maximum Gasteiger partial charge on any atom is 0.240 e. The van der Waals surface area contributed by atoms with Crippen LogP contribution in [0.1, 0.15) is 18.9 Å². The second-order valence-electron chi connectivity index (χ2n) is 7.28. The minimum atomic E-state index is -3.68. The van der Waals surface area contributed by atoms with Crippen LogP contribution >= 0.6 is 15.9 Å². The first-order valence-corrected chi connectivity index (χ1v) is 12.3. The molecule has 0 fully saturated rings. The van der Waals surface area contributed by atoms with Crippen molar-refractivity contribution in [1.29, 1.82) is 0 Å². The third-order valence-electron chi connectivity index (χ3n) is 4.58. The van der Waals surface area contributed by atoms with E-state index in [4.69, 9.17) is 0 Å². The van der Waals surface area contributed by atoms with E-state index in [1.54, 1.807) is 43.8 Å². The van der Waals surface area contributed by atoms with Gasteiger partial charge in [0.1, 0.15) is 5.82 Å². The van der Waals surface area contributed by atoms with Crippen molar-refractivity contribution >= 4 is 43.4 Å². The molecular formula is C20H26BrN7O3S. The Morgan fingerprint density at radius 1 is 1.31 bits per heavy atom. The number of halogens is 1. The zero-order chi connectivity index (χ0) is 23.1. The molecule has 0 aliphatic heterocycles. The summed E-state index contributed by atoms with van der Waals surface area (Å²) in [4.78, 5) is 12.8. The highest BCUT2D eigenvalue weighted by molar-refractivity contribution is 9.10. The van der Waals surface area contributed by atoms with Gasteiger partial charge in [0.05, 0.1) is 22.3 Å². The first kappa shape index (κ1) is 24.1. The summed E-state index contributed by atoms with van der Waals surface area (Å²) in [5.74, 6) is 0.810. The SMILES string of the molecule is Cc1ccc(Nc2ncc(Br)c(N[C@H](C)CO)n2)cc1S(=O)(=O)NCCCn1ccnc1. The number of anilines is 3. The molecule has 3 aromatic rings. The number of aliphatic hydroxyl groups excluding tert-OH is 1. The maximum absolute atomic E-state index is 12.8. The van der Waals surface area contributed by atoms with Crippen molar-refractivity contribution in [1.82, 2.24) is 24.2 Å². The minimum Gasteiger partial charge on any atom is -0.394 e. The molecule has 172 valence electrons. The molecule has 2 aromatic heterocycles. The molecule has 1 atom stereocenters. The second kappa shape index (κ2) is 10.9. The molecule has 12 heteroatoms. The van der Waals surface area contributed by atoms with Crippen LogP contribution in [-0.4, -0.2) is 52.2 Å². The van der Waals surface area contributed by atoms with Crippen LogP contribution in [0.15, 0.2) is 52.5 Å². The van der Waals surface area contributed by atoms with Gasteiger partial charge in [-0.25, -0.2) is 23.1 Å². The first-order chi connectivity index (χ1) is 15.3. The topological polar surface area (TPSA) is 134 Å². The molecule has 10 nitrogen and oxygen atoms in total. The number of nitrogens with zero attached hydrogens (tertiary/aromatic N) is 4. The van der Waals surface area contributed by atoms with E-state index >= 15 is 0 Å². The van der Waals surface area contributed by atoms with Gasteiger partial charge in [0, 0.05) is 43.4 Å². The molecular weight excluding hydrogens is 498 g/mol. The number of aromatic nitrogens is 4. The van der Waals surface area contributed by atoms with Crippen molar-refractivity contribution in [3.05, 3.63) is 53.2 Å². The van der Waals surface area contributed by atoms with Crippen LogP contribution in [-0.2, 0) is 16.6 Å². The van der Waals surface area contributed by atoms with E-state index in [0.717, 1.165) is 0 Å². The standard InChI is InChI=1S/C20H26BrN7O3S/c1-14-4-5-16(26-20-23-11-17(21)19(27-20)25-15(2)12-29)10-18(14)32(30,31)24-6-3-8-28-9-7-22-13-28/h4-5,7,9-11,13,15,24,29H,3,6,8,12H2,1-2H3,(H2,23,25,26,27)/t15-/m1/s1. The summed E-state index contributed by atoms with van der Waals surface area (Å²) in [7, 11) is -3.68. The zero-order valence-electron chi connectivity index (χ0n) is 17.8. The van der Waals surface area contributed by atoms with Gasteiger partial charge in [-0.2, -0.15) is 4.98 Å². The third kappa shape index (κ3) is 6.48. The lowest BCUT2D eigenvalue weighted by Gasteiger charge is -2.15. The molecule has 32 heavy (non-hydrogen) atoms. The molecule has 0 aliphatic rings. The molecule has 1 aromatic carbocycles. The molecule has 2 heterocycles. The molecule has 0 saturated carbocycles. The normalized spacial score (nSPS) is 12.5. The highest BCUT2D eigenvalue weighted by Crippen LogP contribution is 2.25. The number of imidazole rings is 1. The third-order valence-corrected chi connectivity index (χ3v) is 6.76. The fourth-order valence-corrected chi connectivity index (χ4v) is 4.52. The lowest BCUT2D eigenvalue weighted by molar-refractivity contribution is 0.281. The molecule has 0 unspecified atom stereocenters. The molecule has 0 amide bonds. The fraction of sp³-hybridized carbons (Fsp3) is 0.350. The van der Waals surface area contributed by atoms with Gasteiger partial charge in [-0.1, -0.05) is 6.07 Å². The summed E-state index contributed by atoms with van der Waals surface area (Å²) >= 11 is 3.37. The average molecular weight is 524 g/mol. The zero-order valence-corrected chi connectivity index (χ0v) is 20.2. The molecule has 3 rings (SSSR count). The smallest absolute Gasteiger partial charge is 0.240 e. The summed E-state index contributed by atoms with van der Waals surface area (Å²) in [6.07, 6.45) is 7.44. The number of rotatable bonds is 11. The Hall–Kier alpha value is -2.54. The molecule has 0 spiro atoms. The van der Waals surface area contributed by atoms with Gasteiger partial charge >= 0.3 is 0 Å². The van der Waals surface area contributed by atoms with Crippen molar-refractivity contribution in [2.24, 2.45) is 0 Å². The number of benzene rings is 1. The highest BCUT2D eigenvalue weighted by atomic mass is 79.9. The Kier molecular flexibility index (Phi) is 8.18. The van der Waals surface area contributed by atoms with Gasteiger partial charge in [-0.15, -0.1) is 0 Å². The summed E-state index contributed by atoms with van der Waals surface area (Å²) < 4.78 is 30.9. The van der Waals surface area contributed by atoms with Crippen molar-refractivity contribution in [3.8, 4) is 0 Å². The predicted octanol–water partition coefficient (Wildman–Crippen LogP) is 2.65. The largest absolute Gasteiger partial charge is 0.394 e. The van der Waals surface area contributed by atoms with Crippen LogP contribution in [0, 0.1) is 6.92 Å². The fourth-order valence-electron chi connectivity index (χ4n) is 2.87. The van der Waals surface area contributed by atoms with E-state index in [1.807, 2.05) is 17.7 Å². The number of aryl methyl sites for hydroxylation is 2. The summed E-state index contributed by atoms with van der Waals surface area (Å²) in [5.41, 5.74) is 1.17. The predicted molar refractivity (Wildman–Crippen MR) is 126 cm³/mol. The van der Waals surface area contributed by atoms with E-state index in [-0.39, 0.29) is 17.5 Å². The lowest BCUT2D eigenvalue weighted by Crippen LogP contribution is -2.26.